The predicted octanol–water partition coefficient (Wildman–Crippen LogP) is 5.72. The Morgan fingerprint density at radius 2 is 1.59 bits per heavy atom. The first kappa shape index (κ1) is 15.4. The fraction of sp³-hybridized carbons (Fsp3) is 0.0588. The van der Waals surface area contributed by atoms with E-state index in [0.717, 1.165) is 16.7 Å². The molecule has 0 aliphatic heterocycles. The lowest BCUT2D eigenvalue weighted by molar-refractivity contribution is 0.221. The largest absolute Gasteiger partial charge is 0.384 e. The van der Waals surface area contributed by atoms with E-state index >= 15 is 0 Å². The summed E-state index contributed by atoms with van der Waals surface area (Å²) in [6, 6.07) is 12.6. The second-order valence-corrected chi connectivity index (χ2v) is 6.10. The van der Waals surface area contributed by atoms with Crippen LogP contribution in [0.1, 0.15) is 17.2 Å². The summed E-state index contributed by atoms with van der Waals surface area (Å²) in [5.74, 6) is 0. The number of hydrogen-bond donors (Lipinski definition) is 2. The first-order valence-corrected chi connectivity index (χ1v) is 7.76. The second-order valence-electron chi connectivity index (χ2n) is 4.88. The Morgan fingerprint density at radius 3 is 2.32 bits per heavy atom. The van der Waals surface area contributed by atoms with Gasteiger partial charge in [-0.3, -0.25) is 0 Å². The molecule has 0 spiro atoms. The van der Waals surface area contributed by atoms with Gasteiger partial charge in [-0.1, -0.05) is 59.1 Å². The maximum Gasteiger partial charge on any atom is 0.106 e. The average Bonchev–Trinajstić information content (AvgIpc) is 2.99. The monoisotopic (exact) mass is 351 g/mol. The summed E-state index contributed by atoms with van der Waals surface area (Å²) < 4.78 is 0. The minimum atomic E-state index is -0.827. The van der Waals surface area contributed by atoms with Gasteiger partial charge in [-0.15, -0.1) is 0 Å². The number of benzene rings is 2. The molecule has 22 heavy (non-hydrogen) atoms. The van der Waals surface area contributed by atoms with Gasteiger partial charge in [0.15, 0.2) is 0 Å². The van der Waals surface area contributed by atoms with Crippen LogP contribution in [0.3, 0.4) is 0 Å². The van der Waals surface area contributed by atoms with E-state index < -0.39 is 6.10 Å². The number of aliphatic hydroxyl groups excluding tert-OH is 1. The van der Waals surface area contributed by atoms with E-state index in [-0.39, 0.29) is 0 Å². The molecule has 0 aliphatic rings. The van der Waals surface area contributed by atoms with Crippen LogP contribution in [-0.4, -0.2) is 10.1 Å². The van der Waals surface area contributed by atoms with Crippen molar-refractivity contribution in [3.63, 3.8) is 0 Å². The fourth-order valence-electron chi connectivity index (χ4n) is 2.38. The smallest absolute Gasteiger partial charge is 0.106 e. The molecular formula is C17H12Cl3NO. The molecule has 2 nitrogen and oxygen atoms in total. The van der Waals surface area contributed by atoms with Crippen LogP contribution in [0.25, 0.3) is 11.1 Å². The average molecular weight is 353 g/mol. The van der Waals surface area contributed by atoms with Crippen LogP contribution in [0, 0.1) is 0 Å². The Kier molecular flexibility index (Phi) is 4.46. The molecule has 112 valence electrons. The summed E-state index contributed by atoms with van der Waals surface area (Å²) in [4.78, 5) is 3.02. The van der Waals surface area contributed by atoms with Gasteiger partial charge in [0.2, 0.25) is 0 Å². The molecule has 0 fully saturated rings. The van der Waals surface area contributed by atoms with Crippen LogP contribution in [0.2, 0.25) is 15.1 Å². The van der Waals surface area contributed by atoms with Crippen molar-refractivity contribution in [3.05, 3.63) is 81.1 Å². The minimum Gasteiger partial charge on any atom is -0.384 e. The van der Waals surface area contributed by atoms with Crippen molar-refractivity contribution >= 4 is 34.8 Å². The molecule has 0 bridgehead atoms. The van der Waals surface area contributed by atoms with Crippen LogP contribution in [0.5, 0.6) is 0 Å². The molecule has 0 saturated carbocycles. The molecule has 1 aromatic heterocycles. The van der Waals surface area contributed by atoms with E-state index in [2.05, 4.69) is 4.98 Å². The summed E-state index contributed by atoms with van der Waals surface area (Å²) in [5, 5.41) is 12.2. The molecule has 2 N–H and O–H groups in total. The lowest BCUT2D eigenvalue weighted by Gasteiger charge is -2.14. The molecule has 0 aliphatic carbocycles. The van der Waals surface area contributed by atoms with E-state index in [4.69, 9.17) is 34.8 Å². The number of aromatic nitrogens is 1. The van der Waals surface area contributed by atoms with Gasteiger partial charge in [0.05, 0.1) is 10.0 Å². The summed E-state index contributed by atoms with van der Waals surface area (Å²) in [6.45, 7) is 0. The maximum absolute atomic E-state index is 10.7. The summed E-state index contributed by atoms with van der Waals surface area (Å²) in [6.07, 6.45) is 2.75. The third-order valence-corrected chi connectivity index (χ3v) is 4.56. The van der Waals surface area contributed by atoms with E-state index in [0.29, 0.717) is 20.6 Å². The summed E-state index contributed by atoms with van der Waals surface area (Å²) in [7, 11) is 0. The second kappa shape index (κ2) is 6.35. The van der Waals surface area contributed by atoms with Crippen molar-refractivity contribution in [2.45, 2.75) is 6.10 Å². The third-order valence-electron chi connectivity index (χ3n) is 3.50. The number of hydrogen-bond acceptors (Lipinski definition) is 1. The first-order valence-electron chi connectivity index (χ1n) is 6.62. The van der Waals surface area contributed by atoms with Crippen LogP contribution >= 0.6 is 34.8 Å². The summed E-state index contributed by atoms with van der Waals surface area (Å²) >= 11 is 18.2. The lowest BCUT2D eigenvalue weighted by Crippen LogP contribution is -2.00. The van der Waals surface area contributed by atoms with Crippen molar-refractivity contribution < 1.29 is 5.11 Å². The Hall–Kier alpha value is -1.45. The van der Waals surface area contributed by atoms with Gasteiger partial charge in [0.25, 0.3) is 0 Å². The van der Waals surface area contributed by atoms with Crippen molar-refractivity contribution in [3.8, 4) is 11.1 Å². The number of rotatable bonds is 3. The highest BCUT2D eigenvalue weighted by Gasteiger charge is 2.18. The zero-order valence-electron chi connectivity index (χ0n) is 11.4. The topological polar surface area (TPSA) is 36.0 Å². The van der Waals surface area contributed by atoms with Crippen LogP contribution in [0.4, 0.5) is 0 Å². The lowest BCUT2D eigenvalue weighted by atomic mass is 9.97. The molecule has 1 heterocycles. The fourth-order valence-corrected chi connectivity index (χ4v) is 2.92. The number of H-pyrrole nitrogens is 1. The summed E-state index contributed by atoms with van der Waals surface area (Å²) in [5.41, 5.74) is 3.11. The molecule has 0 saturated heterocycles. The minimum absolute atomic E-state index is 0.410. The van der Waals surface area contributed by atoms with Crippen LogP contribution in [-0.2, 0) is 0 Å². The van der Waals surface area contributed by atoms with Crippen molar-refractivity contribution in [2.24, 2.45) is 0 Å². The van der Waals surface area contributed by atoms with Gasteiger partial charge in [0, 0.05) is 34.1 Å². The SMILES string of the molecule is O[C@@H](c1ccc(Cl)c(Cl)c1)c1c[nH]cc1-c1ccccc1Cl. The van der Waals surface area contributed by atoms with Gasteiger partial charge >= 0.3 is 0 Å². The highest BCUT2D eigenvalue weighted by atomic mass is 35.5. The van der Waals surface area contributed by atoms with Crippen molar-refractivity contribution in [1.82, 2.24) is 4.98 Å². The third kappa shape index (κ3) is 2.88. The normalized spacial score (nSPS) is 12.4. The Morgan fingerprint density at radius 1 is 0.818 bits per heavy atom. The van der Waals surface area contributed by atoms with Gasteiger partial charge in [0.1, 0.15) is 6.10 Å². The molecule has 0 radical (unpaired) electrons. The molecule has 1 atom stereocenters. The molecule has 5 heteroatoms. The van der Waals surface area contributed by atoms with E-state index in [1.54, 1.807) is 24.4 Å². The van der Waals surface area contributed by atoms with Crippen molar-refractivity contribution in [1.29, 1.82) is 0 Å². The van der Waals surface area contributed by atoms with Crippen molar-refractivity contribution in [2.75, 3.05) is 0 Å². The van der Waals surface area contributed by atoms with Crippen LogP contribution in [0.15, 0.2) is 54.9 Å². The molecular weight excluding hydrogens is 341 g/mol. The first-order chi connectivity index (χ1) is 10.6. The van der Waals surface area contributed by atoms with E-state index in [1.807, 2.05) is 30.5 Å². The molecule has 3 rings (SSSR count). The van der Waals surface area contributed by atoms with E-state index in [9.17, 15) is 5.11 Å². The quantitative estimate of drug-likeness (QED) is 0.621. The zero-order chi connectivity index (χ0) is 15.7. The number of halogens is 3. The van der Waals surface area contributed by atoms with Gasteiger partial charge in [-0.25, -0.2) is 0 Å². The number of aromatic amines is 1. The number of aliphatic hydroxyl groups is 1. The maximum atomic E-state index is 10.7. The Labute approximate surface area is 143 Å². The zero-order valence-corrected chi connectivity index (χ0v) is 13.6. The molecule has 2 aromatic carbocycles. The molecule has 3 aromatic rings. The Bertz CT molecular complexity index is 813. The van der Waals surface area contributed by atoms with Gasteiger partial charge < -0.3 is 10.1 Å². The van der Waals surface area contributed by atoms with Gasteiger partial charge in [-0.05, 0) is 23.8 Å². The van der Waals surface area contributed by atoms with Gasteiger partial charge in [-0.2, -0.15) is 0 Å². The van der Waals surface area contributed by atoms with Crippen LogP contribution < -0.4 is 0 Å². The molecule has 0 amide bonds. The highest BCUT2D eigenvalue weighted by Crippen LogP contribution is 2.36. The predicted molar refractivity (Wildman–Crippen MR) is 91.8 cm³/mol. The van der Waals surface area contributed by atoms with E-state index in [1.165, 1.54) is 0 Å². The standard InChI is InChI=1S/C17H12Cl3NO/c18-14-4-2-1-3-11(14)12-8-21-9-13(12)17(22)10-5-6-15(19)16(20)7-10/h1-9,17,21-22H/t17-/m0/s1. The molecule has 0 unspecified atom stereocenters. The Balaban J connectivity index is 2.04. The highest BCUT2D eigenvalue weighted by molar-refractivity contribution is 6.42. The number of nitrogens with one attached hydrogen (secondary N) is 1.